The molecule has 1 aromatic heterocycles. The highest BCUT2D eigenvalue weighted by Crippen LogP contribution is 2.30. The largest absolute Gasteiger partial charge is 0.313 e. The van der Waals surface area contributed by atoms with Crippen molar-refractivity contribution in [3.63, 3.8) is 0 Å². The van der Waals surface area contributed by atoms with Gasteiger partial charge in [-0.25, -0.2) is 0 Å². The van der Waals surface area contributed by atoms with Gasteiger partial charge < -0.3 is 5.32 Å². The second-order valence-electron chi connectivity index (χ2n) is 5.23. The molecule has 102 valence electrons. The van der Waals surface area contributed by atoms with E-state index in [2.05, 4.69) is 41.6 Å². The standard InChI is InChI=1S/C15H26N2S/c1-3-7-14(15-8-5-11-18-15)17-10-6-9-16-13(4-2)12-17/h5,8,11,13-14,16H,3-4,6-7,9-10,12H2,1-2H3. The van der Waals surface area contributed by atoms with E-state index in [1.807, 2.05) is 11.3 Å². The molecular formula is C15H26N2S. The van der Waals surface area contributed by atoms with Gasteiger partial charge in [-0.2, -0.15) is 0 Å². The van der Waals surface area contributed by atoms with Crippen LogP contribution in [-0.2, 0) is 0 Å². The lowest BCUT2D eigenvalue weighted by Crippen LogP contribution is -2.38. The third-order valence-corrected chi connectivity index (χ3v) is 4.85. The van der Waals surface area contributed by atoms with E-state index in [4.69, 9.17) is 0 Å². The third-order valence-electron chi connectivity index (χ3n) is 3.88. The van der Waals surface area contributed by atoms with Crippen molar-refractivity contribution < 1.29 is 0 Å². The van der Waals surface area contributed by atoms with Crippen LogP contribution >= 0.6 is 11.3 Å². The summed E-state index contributed by atoms with van der Waals surface area (Å²) in [6.45, 7) is 8.22. The first-order valence-electron chi connectivity index (χ1n) is 7.36. The summed E-state index contributed by atoms with van der Waals surface area (Å²) >= 11 is 1.92. The van der Waals surface area contributed by atoms with Gasteiger partial charge in [0.2, 0.25) is 0 Å². The lowest BCUT2D eigenvalue weighted by molar-refractivity contribution is 0.184. The average molecular weight is 266 g/mol. The first-order valence-corrected chi connectivity index (χ1v) is 8.24. The van der Waals surface area contributed by atoms with Crippen LogP contribution < -0.4 is 5.32 Å². The smallest absolute Gasteiger partial charge is 0.0442 e. The number of hydrogen-bond acceptors (Lipinski definition) is 3. The molecule has 1 aliphatic rings. The minimum absolute atomic E-state index is 0.643. The molecule has 0 bridgehead atoms. The molecule has 1 aromatic rings. The molecule has 0 aromatic carbocycles. The minimum Gasteiger partial charge on any atom is -0.313 e. The summed E-state index contributed by atoms with van der Waals surface area (Å²) in [4.78, 5) is 4.26. The monoisotopic (exact) mass is 266 g/mol. The molecule has 3 heteroatoms. The molecular weight excluding hydrogens is 240 g/mol. The van der Waals surface area contributed by atoms with Gasteiger partial charge in [0.15, 0.2) is 0 Å². The van der Waals surface area contributed by atoms with E-state index in [9.17, 15) is 0 Å². The summed E-state index contributed by atoms with van der Waals surface area (Å²) in [5, 5.41) is 5.88. The molecule has 0 radical (unpaired) electrons. The number of hydrogen-bond donors (Lipinski definition) is 1. The van der Waals surface area contributed by atoms with E-state index in [0.29, 0.717) is 12.1 Å². The summed E-state index contributed by atoms with van der Waals surface area (Å²) < 4.78 is 0. The molecule has 1 N–H and O–H groups in total. The maximum Gasteiger partial charge on any atom is 0.0442 e. The Balaban J connectivity index is 2.08. The fraction of sp³-hybridized carbons (Fsp3) is 0.733. The van der Waals surface area contributed by atoms with Crippen molar-refractivity contribution in [3.05, 3.63) is 22.4 Å². The SMILES string of the molecule is CCCC(c1cccs1)N1CCCNC(CC)C1. The zero-order valence-corrected chi connectivity index (χ0v) is 12.5. The van der Waals surface area contributed by atoms with E-state index >= 15 is 0 Å². The van der Waals surface area contributed by atoms with Crippen LogP contribution in [0, 0.1) is 0 Å². The van der Waals surface area contributed by atoms with Crippen molar-refractivity contribution in [1.29, 1.82) is 0 Å². The van der Waals surface area contributed by atoms with Gasteiger partial charge >= 0.3 is 0 Å². The second kappa shape index (κ2) is 7.27. The quantitative estimate of drug-likeness (QED) is 0.875. The van der Waals surface area contributed by atoms with Crippen LogP contribution in [0.2, 0.25) is 0 Å². The normalized spacial score (nSPS) is 23.8. The summed E-state index contributed by atoms with van der Waals surface area (Å²) in [5.74, 6) is 0. The van der Waals surface area contributed by atoms with Gasteiger partial charge in [0.05, 0.1) is 0 Å². The van der Waals surface area contributed by atoms with Crippen molar-refractivity contribution in [1.82, 2.24) is 10.2 Å². The van der Waals surface area contributed by atoms with Crippen LogP contribution in [0.1, 0.15) is 50.4 Å². The Bertz CT molecular complexity index is 323. The topological polar surface area (TPSA) is 15.3 Å². The minimum atomic E-state index is 0.643. The Hall–Kier alpha value is -0.380. The molecule has 1 saturated heterocycles. The summed E-state index contributed by atoms with van der Waals surface area (Å²) in [6, 6.07) is 5.82. The molecule has 2 unspecified atom stereocenters. The number of thiophene rings is 1. The van der Waals surface area contributed by atoms with Crippen LogP contribution in [0.3, 0.4) is 0 Å². The molecule has 1 fully saturated rings. The van der Waals surface area contributed by atoms with Gasteiger partial charge in [-0.1, -0.05) is 26.3 Å². The molecule has 18 heavy (non-hydrogen) atoms. The maximum absolute atomic E-state index is 3.67. The summed E-state index contributed by atoms with van der Waals surface area (Å²) in [6.07, 6.45) is 5.07. The van der Waals surface area contributed by atoms with Gasteiger partial charge in [-0.05, 0) is 37.3 Å². The molecule has 0 amide bonds. The first kappa shape index (κ1) is 14.0. The molecule has 1 aliphatic heterocycles. The Labute approximate surface area is 115 Å². The highest BCUT2D eigenvalue weighted by atomic mass is 32.1. The van der Waals surface area contributed by atoms with Gasteiger partial charge in [-0.3, -0.25) is 4.90 Å². The van der Waals surface area contributed by atoms with Gasteiger partial charge in [-0.15, -0.1) is 11.3 Å². The molecule has 2 heterocycles. The van der Waals surface area contributed by atoms with Gasteiger partial charge in [0.1, 0.15) is 0 Å². The zero-order valence-electron chi connectivity index (χ0n) is 11.7. The zero-order chi connectivity index (χ0) is 12.8. The predicted octanol–water partition coefficient (Wildman–Crippen LogP) is 3.66. The van der Waals surface area contributed by atoms with Crippen LogP contribution in [0.5, 0.6) is 0 Å². The maximum atomic E-state index is 3.67. The van der Waals surface area contributed by atoms with Crippen LogP contribution in [0.4, 0.5) is 0 Å². The van der Waals surface area contributed by atoms with Crippen molar-refractivity contribution in [3.8, 4) is 0 Å². The van der Waals surface area contributed by atoms with E-state index in [1.165, 1.54) is 45.3 Å². The van der Waals surface area contributed by atoms with Crippen LogP contribution in [-0.4, -0.2) is 30.6 Å². The Morgan fingerprint density at radius 3 is 3.06 bits per heavy atom. The molecule has 2 atom stereocenters. The predicted molar refractivity (Wildman–Crippen MR) is 80.2 cm³/mol. The lowest BCUT2D eigenvalue weighted by atomic mass is 10.1. The van der Waals surface area contributed by atoms with Gasteiger partial charge in [0.25, 0.3) is 0 Å². The van der Waals surface area contributed by atoms with Crippen molar-refractivity contribution in [2.24, 2.45) is 0 Å². The van der Waals surface area contributed by atoms with E-state index in [0.717, 1.165) is 0 Å². The third kappa shape index (κ3) is 3.56. The highest BCUT2D eigenvalue weighted by molar-refractivity contribution is 7.10. The van der Waals surface area contributed by atoms with E-state index in [1.54, 1.807) is 4.88 Å². The molecule has 0 saturated carbocycles. The molecule has 2 rings (SSSR count). The number of nitrogens with one attached hydrogen (secondary N) is 1. The van der Waals surface area contributed by atoms with E-state index < -0.39 is 0 Å². The average Bonchev–Trinajstić information content (AvgIpc) is 2.81. The fourth-order valence-electron chi connectivity index (χ4n) is 2.84. The Morgan fingerprint density at radius 1 is 1.50 bits per heavy atom. The van der Waals surface area contributed by atoms with Gasteiger partial charge in [0, 0.05) is 30.1 Å². The number of rotatable bonds is 5. The van der Waals surface area contributed by atoms with Crippen LogP contribution in [0.15, 0.2) is 17.5 Å². The van der Waals surface area contributed by atoms with Crippen LogP contribution in [0.25, 0.3) is 0 Å². The summed E-state index contributed by atoms with van der Waals surface area (Å²) in [5.41, 5.74) is 0. The first-order chi connectivity index (χ1) is 8.85. The Morgan fingerprint density at radius 2 is 2.39 bits per heavy atom. The molecule has 0 aliphatic carbocycles. The highest BCUT2D eigenvalue weighted by Gasteiger charge is 2.24. The second-order valence-corrected chi connectivity index (χ2v) is 6.21. The Kier molecular flexibility index (Phi) is 5.67. The van der Waals surface area contributed by atoms with Crippen molar-refractivity contribution in [2.45, 2.75) is 51.6 Å². The van der Waals surface area contributed by atoms with Crippen molar-refractivity contribution >= 4 is 11.3 Å². The molecule has 2 nitrogen and oxygen atoms in total. The number of nitrogens with zero attached hydrogens (tertiary/aromatic N) is 1. The van der Waals surface area contributed by atoms with Crippen molar-refractivity contribution in [2.75, 3.05) is 19.6 Å². The molecule has 0 spiro atoms. The lowest BCUT2D eigenvalue weighted by Gasteiger charge is -2.31. The summed E-state index contributed by atoms with van der Waals surface area (Å²) in [7, 11) is 0. The fourth-order valence-corrected chi connectivity index (χ4v) is 3.74. The van der Waals surface area contributed by atoms with E-state index in [-0.39, 0.29) is 0 Å².